The third kappa shape index (κ3) is 3.14. The Balaban J connectivity index is 2.38. The van der Waals surface area contributed by atoms with Crippen LogP contribution in [0, 0.1) is 0 Å². The fourth-order valence-electron chi connectivity index (χ4n) is 1.61. The minimum atomic E-state index is -0.185. The molecule has 0 spiro atoms. The largest absolute Gasteiger partial charge is 0.497 e. The van der Waals surface area contributed by atoms with Gasteiger partial charge < -0.3 is 9.47 Å². The first-order valence-corrected chi connectivity index (χ1v) is 6.38. The number of hydrogen-bond donors (Lipinski definition) is 0. The molecule has 6 heteroatoms. The van der Waals surface area contributed by atoms with Crippen molar-refractivity contribution in [3.63, 3.8) is 0 Å². The van der Waals surface area contributed by atoms with Gasteiger partial charge in [0.05, 0.1) is 20.8 Å². The summed E-state index contributed by atoms with van der Waals surface area (Å²) >= 11 is 3.45. The van der Waals surface area contributed by atoms with E-state index < -0.39 is 0 Å². The Hall–Kier alpha value is -1.82. The maximum Gasteiger partial charge on any atom is 0.267 e. The second-order valence-electron chi connectivity index (χ2n) is 3.83. The molecule has 100 valence electrons. The van der Waals surface area contributed by atoms with Crippen LogP contribution in [0.5, 0.6) is 11.6 Å². The van der Waals surface area contributed by atoms with Crippen LogP contribution in [-0.4, -0.2) is 24.0 Å². The average molecular weight is 325 g/mol. The van der Waals surface area contributed by atoms with Crippen molar-refractivity contribution in [2.75, 3.05) is 14.2 Å². The molecular weight excluding hydrogens is 312 g/mol. The van der Waals surface area contributed by atoms with Gasteiger partial charge in [-0.3, -0.25) is 4.79 Å². The van der Waals surface area contributed by atoms with E-state index in [1.54, 1.807) is 13.2 Å². The second-order valence-corrected chi connectivity index (χ2v) is 4.68. The summed E-state index contributed by atoms with van der Waals surface area (Å²) in [6.45, 7) is 0.341. The molecule has 0 N–H and O–H groups in total. The predicted octanol–water partition coefficient (Wildman–Crippen LogP) is 2.07. The molecule has 1 aromatic carbocycles. The van der Waals surface area contributed by atoms with E-state index in [0.29, 0.717) is 12.4 Å². The van der Waals surface area contributed by atoms with Gasteiger partial charge in [0.2, 0.25) is 5.88 Å². The van der Waals surface area contributed by atoms with Gasteiger partial charge >= 0.3 is 0 Å². The van der Waals surface area contributed by atoms with Gasteiger partial charge in [0.25, 0.3) is 5.56 Å². The number of aromatic nitrogens is 2. The normalized spacial score (nSPS) is 10.3. The highest BCUT2D eigenvalue weighted by Crippen LogP contribution is 2.22. The van der Waals surface area contributed by atoms with Crippen molar-refractivity contribution in [2.24, 2.45) is 0 Å². The minimum absolute atomic E-state index is 0.185. The minimum Gasteiger partial charge on any atom is -0.497 e. The molecule has 0 aliphatic carbocycles. The molecule has 0 aliphatic heterocycles. The number of rotatable bonds is 4. The lowest BCUT2D eigenvalue weighted by Gasteiger charge is -2.09. The van der Waals surface area contributed by atoms with Crippen molar-refractivity contribution < 1.29 is 9.47 Å². The van der Waals surface area contributed by atoms with Crippen LogP contribution in [0.2, 0.25) is 0 Å². The molecule has 0 saturated heterocycles. The van der Waals surface area contributed by atoms with Crippen LogP contribution in [0.3, 0.4) is 0 Å². The van der Waals surface area contributed by atoms with Crippen molar-refractivity contribution in [3.8, 4) is 11.6 Å². The molecule has 1 aromatic heterocycles. The van der Waals surface area contributed by atoms with Gasteiger partial charge in [0.15, 0.2) is 0 Å². The molecule has 2 rings (SSSR count). The highest BCUT2D eigenvalue weighted by molar-refractivity contribution is 9.10. The summed E-state index contributed by atoms with van der Waals surface area (Å²) in [5, 5.41) is 4.10. The Kier molecular flexibility index (Phi) is 4.21. The standard InChI is InChI=1S/C13H13BrN2O3/c1-18-10-3-4-11(14)9(7-10)8-16-13(17)6-5-12(15-16)19-2/h3-7H,8H2,1-2H3. The molecule has 1 heterocycles. The first kappa shape index (κ1) is 13.6. The fraction of sp³-hybridized carbons (Fsp3) is 0.231. The molecule has 0 atom stereocenters. The summed E-state index contributed by atoms with van der Waals surface area (Å²) < 4.78 is 12.4. The summed E-state index contributed by atoms with van der Waals surface area (Å²) in [7, 11) is 3.11. The van der Waals surface area contributed by atoms with E-state index >= 15 is 0 Å². The number of benzene rings is 1. The lowest BCUT2D eigenvalue weighted by molar-refractivity contribution is 0.378. The highest BCUT2D eigenvalue weighted by atomic mass is 79.9. The molecule has 19 heavy (non-hydrogen) atoms. The molecule has 0 fully saturated rings. The van der Waals surface area contributed by atoms with Gasteiger partial charge in [0, 0.05) is 16.6 Å². The van der Waals surface area contributed by atoms with Crippen LogP contribution in [0.25, 0.3) is 0 Å². The Labute approximate surface area is 118 Å². The second kappa shape index (κ2) is 5.88. The molecule has 0 saturated carbocycles. The molecule has 5 nitrogen and oxygen atoms in total. The first-order chi connectivity index (χ1) is 9.13. The maximum atomic E-state index is 11.8. The van der Waals surface area contributed by atoms with Crippen LogP contribution >= 0.6 is 15.9 Å². The van der Waals surface area contributed by atoms with E-state index in [1.807, 2.05) is 18.2 Å². The molecule has 0 amide bonds. The predicted molar refractivity (Wildman–Crippen MR) is 74.8 cm³/mol. The van der Waals surface area contributed by atoms with Crippen LogP contribution in [0.15, 0.2) is 39.6 Å². The summed E-state index contributed by atoms with van der Waals surface area (Å²) in [5.41, 5.74) is 0.720. The number of methoxy groups -OCH3 is 2. The van der Waals surface area contributed by atoms with E-state index in [2.05, 4.69) is 21.0 Å². The van der Waals surface area contributed by atoms with Gasteiger partial charge in [-0.2, -0.15) is 0 Å². The Morgan fingerprint density at radius 1 is 1.21 bits per heavy atom. The topological polar surface area (TPSA) is 53.4 Å². The van der Waals surface area contributed by atoms with E-state index in [9.17, 15) is 4.79 Å². The third-order valence-corrected chi connectivity index (χ3v) is 3.40. The summed E-state index contributed by atoms with van der Waals surface area (Å²) in [6, 6.07) is 8.55. The molecule has 0 aliphatic rings. The van der Waals surface area contributed by atoms with E-state index in [1.165, 1.54) is 17.9 Å². The summed E-state index contributed by atoms with van der Waals surface area (Å²) in [4.78, 5) is 11.8. The van der Waals surface area contributed by atoms with Crippen LogP contribution in [-0.2, 0) is 6.54 Å². The number of hydrogen-bond acceptors (Lipinski definition) is 4. The Morgan fingerprint density at radius 3 is 2.68 bits per heavy atom. The molecule has 0 radical (unpaired) electrons. The summed E-state index contributed by atoms with van der Waals surface area (Å²) in [5.74, 6) is 1.13. The average Bonchev–Trinajstić information content (AvgIpc) is 2.43. The lowest BCUT2D eigenvalue weighted by Crippen LogP contribution is -2.22. The van der Waals surface area contributed by atoms with Gasteiger partial charge in [-0.1, -0.05) is 15.9 Å². The zero-order chi connectivity index (χ0) is 13.8. The monoisotopic (exact) mass is 324 g/mol. The van der Waals surface area contributed by atoms with Crippen LogP contribution < -0.4 is 15.0 Å². The van der Waals surface area contributed by atoms with E-state index in [-0.39, 0.29) is 5.56 Å². The highest BCUT2D eigenvalue weighted by Gasteiger charge is 2.06. The van der Waals surface area contributed by atoms with Crippen molar-refractivity contribution in [2.45, 2.75) is 6.54 Å². The SMILES string of the molecule is COc1ccc(Br)c(Cn2nc(OC)ccc2=O)c1. The zero-order valence-corrected chi connectivity index (χ0v) is 12.2. The Bertz CT molecular complexity index is 640. The number of nitrogens with zero attached hydrogens (tertiary/aromatic N) is 2. The fourth-order valence-corrected chi connectivity index (χ4v) is 1.98. The smallest absolute Gasteiger partial charge is 0.267 e. The van der Waals surface area contributed by atoms with Crippen LogP contribution in [0.4, 0.5) is 0 Å². The number of ether oxygens (including phenoxy) is 2. The van der Waals surface area contributed by atoms with Crippen molar-refractivity contribution in [1.29, 1.82) is 0 Å². The van der Waals surface area contributed by atoms with Gasteiger partial charge in [-0.25, -0.2) is 4.68 Å². The van der Waals surface area contributed by atoms with E-state index in [0.717, 1.165) is 15.8 Å². The first-order valence-electron chi connectivity index (χ1n) is 5.58. The van der Waals surface area contributed by atoms with Crippen molar-refractivity contribution >= 4 is 15.9 Å². The van der Waals surface area contributed by atoms with Crippen LogP contribution in [0.1, 0.15) is 5.56 Å². The molecule has 0 unspecified atom stereocenters. The molecular formula is C13H13BrN2O3. The van der Waals surface area contributed by atoms with Crippen molar-refractivity contribution in [1.82, 2.24) is 9.78 Å². The van der Waals surface area contributed by atoms with Crippen molar-refractivity contribution in [3.05, 3.63) is 50.7 Å². The van der Waals surface area contributed by atoms with Gasteiger partial charge in [-0.15, -0.1) is 5.10 Å². The van der Waals surface area contributed by atoms with Gasteiger partial charge in [0.1, 0.15) is 5.75 Å². The van der Waals surface area contributed by atoms with Gasteiger partial charge in [-0.05, 0) is 23.8 Å². The third-order valence-electron chi connectivity index (χ3n) is 2.62. The molecule has 2 aromatic rings. The summed E-state index contributed by atoms with van der Waals surface area (Å²) in [6.07, 6.45) is 0. The maximum absolute atomic E-state index is 11.8. The zero-order valence-electron chi connectivity index (χ0n) is 10.6. The molecule has 0 bridgehead atoms. The van der Waals surface area contributed by atoms with E-state index in [4.69, 9.17) is 9.47 Å². The number of halogens is 1. The Morgan fingerprint density at radius 2 is 2.00 bits per heavy atom. The quantitative estimate of drug-likeness (QED) is 0.864. The lowest BCUT2D eigenvalue weighted by atomic mass is 10.2.